The molecule has 0 spiro atoms. The van der Waals surface area contributed by atoms with Crippen molar-refractivity contribution in [1.29, 1.82) is 0 Å². The molecule has 0 bridgehead atoms. The van der Waals surface area contributed by atoms with Crippen molar-refractivity contribution in [3.05, 3.63) is 11.8 Å². The molecular formula is C5H8N2OS. The Bertz CT molecular complexity index is 166. The summed E-state index contributed by atoms with van der Waals surface area (Å²) in [5.41, 5.74) is 0.881. The van der Waals surface area contributed by atoms with E-state index in [9.17, 15) is 0 Å². The number of aliphatic hydroxyl groups is 1. The molecule has 0 aromatic heterocycles. The molecular weight excluding hydrogens is 136 g/mol. The lowest BCUT2D eigenvalue weighted by molar-refractivity contribution is 0.204. The summed E-state index contributed by atoms with van der Waals surface area (Å²) < 4.78 is 0. The highest BCUT2D eigenvalue weighted by Gasteiger charge is 2.08. The van der Waals surface area contributed by atoms with E-state index in [1.807, 2.05) is 6.92 Å². The highest BCUT2D eigenvalue weighted by Crippen LogP contribution is 1.95. The molecule has 1 aliphatic rings. The Labute approximate surface area is 58.8 Å². The summed E-state index contributed by atoms with van der Waals surface area (Å²) in [6, 6.07) is 0. The fourth-order valence-electron chi connectivity index (χ4n) is 0.670. The van der Waals surface area contributed by atoms with Gasteiger partial charge in [0.05, 0.1) is 0 Å². The molecule has 0 aromatic carbocycles. The van der Waals surface area contributed by atoms with Gasteiger partial charge in [0.25, 0.3) is 0 Å². The lowest BCUT2D eigenvalue weighted by Crippen LogP contribution is -2.44. The molecule has 50 valence electrons. The van der Waals surface area contributed by atoms with Crippen molar-refractivity contribution < 1.29 is 5.11 Å². The maximum Gasteiger partial charge on any atom is 0.172 e. The standard InChI is InChI=1S/C5H8N2OS/c1-3-2-4(8)7-5(9)6-3/h2,4,8H,1H3,(H2,6,7,9). The van der Waals surface area contributed by atoms with E-state index in [-0.39, 0.29) is 0 Å². The van der Waals surface area contributed by atoms with Crippen molar-refractivity contribution in [2.75, 3.05) is 0 Å². The van der Waals surface area contributed by atoms with Gasteiger partial charge in [-0.3, -0.25) is 0 Å². The maximum absolute atomic E-state index is 8.94. The zero-order valence-corrected chi connectivity index (χ0v) is 5.83. The largest absolute Gasteiger partial charge is 0.370 e. The molecule has 0 amide bonds. The van der Waals surface area contributed by atoms with E-state index in [1.54, 1.807) is 6.08 Å². The summed E-state index contributed by atoms with van der Waals surface area (Å²) in [6.07, 6.45) is 1.02. The average molecular weight is 144 g/mol. The van der Waals surface area contributed by atoms with E-state index in [0.717, 1.165) is 5.70 Å². The summed E-state index contributed by atoms with van der Waals surface area (Å²) in [5, 5.41) is 14.8. The molecule has 1 heterocycles. The zero-order valence-electron chi connectivity index (χ0n) is 5.01. The van der Waals surface area contributed by atoms with Gasteiger partial charge in [-0.1, -0.05) is 0 Å². The highest BCUT2D eigenvalue weighted by molar-refractivity contribution is 7.80. The van der Waals surface area contributed by atoms with Crippen molar-refractivity contribution in [2.24, 2.45) is 0 Å². The van der Waals surface area contributed by atoms with Crippen molar-refractivity contribution in [1.82, 2.24) is 10.6 Å². The zero-order chi connectivity index (χ0) is 6.85. The minimum Gasteiger partial charge on any atom is -0.370 e. The Hall–Kier alpha value is -0.610. The van der Waals surface area contributed by atoms with Crippen LogP contribution in [0.2, 0.25) is 0 Å². The highest BCUT2D eigenvalue weighted by atomic mass is 32.1. The van der Waals surface area contributed by atoms with Crippen molar-refractivity contribution in [3.8, 4) is 0 Å². The third-order valence-corrected chi connectivity index (χ3v) is 1.22. The van der Waals surface area contributed by atoms with Gasteiger partial charge in [-0.25, -0.2) is 0 Å². The van der Waals surface area contributed by atoms with Gasteiger partial charge in [-0.2, -0.15) is 0 Å². The van der Waals surface area contributed by atoms with Crippen molar-refractivity contribution in [3.63, 3.8) is 0 Å². The summed E-state index contributed by atoms with van der Waals surface area (Å²) in [4.78, 5) is 0. The molecule has 1 rings (SSSR count). The number of thiocarbonyl (C=S) groups is 1. The Morgan fingerprint density at radius 3 is 2.89 bits per heavy atom. The van der Waals surface area contributed by atoms with Crippen molar-refractivity contribution >= 4 is 17.3 Å². The Kier molecular flexibility index (Phi) is 1.68. The van der Waals surface area contributed by atoms with Gasteiger partial charge in [0.1, 0.15) is 6.23 Å². The van der Waals surface area contributed by atoms with Crippen LogP contribution < -0.4 is 10.6 Å². The minimum absolute atomic E-state index is 0.475. The number of aliphatic hydroxyl groups excluding tert-OH is 1. The van der Waals surface area contributed by atoms with E-state index in [2.05, 4.69) is 10.6 Å². The smallest absolute Gasteiger partial charge is 0.172 e. The summed E-state index contributed by atoms with van der Waals surface area (Å²) >= 11 is 4.74. The molecule has 1 atom stereocenters. The second-order valence-corrected chi connectivity index (χ2v) is 2.30. The second-order valence-electron chi connectivity index (χ2n) is 1.89. The molecule has 0 aliphatic carbocycles. The predicted molar refractivity (Wildman–Crippen MR) is 38.6 cm³/mol. The van der Waals surface area contributed by atoms with Crippen LogP contribution in [-0.2, 0) is 0 Å². The molecule has 9 heavy (non-hydrogen) atoms. The van der Waals surface area contributed by atoms with Gasteiger partial charge in [-0.05, 0) is 25.2 Å². The van der Waals surface area contributed by atoms with Crippen LogP contribution >= 0.6 is 12.2 Å². The van der Waals surface area contributed by atoms with Crippen LogP contribution in [0, 0.1) is 0 Å². The Morgan fingerprint density at radius 2 is 2.44 bits per heavy atom. The van der Waals surface area contributed by atoms with Gasteiger partial charge in [-0.15, -0.1) is 0 Å². The van der Waals surface area contributed by atoms with Crippen molar-refractivity contribution in [2.45, 2.75) is 13.2 Å². The number of hydrogen-bond acceptors (Lipinski definition) is 2. The number of allylic oxidation sites excluding steroid dienone is 1. The first kappa shape index (κ1) is 6.51. The molecule has 3 N–H and O–H groups in total. The monoisotopic (exact) mass is 144 g/mol. The van der Waals surface area contributed by atoms with E-state index in [1.165, 1.54) is 0 Å². The number of hydrogen-bond donors (Lipinski definition) is 3. The molecule has 1 unspecified atom stereocenters. The molecule has 0 saturated carbocycles. The number of rotatable bonds is 0. The molecule has 3 nitrogen and oxygen atoms in total. The normalized spacial score (nSPS) is 26.2. The van der Waals surface area contributed by atoms with Gasteiger partial charge in [0.15, 0.2) is 5.11 Å². The van der Waals surface area contributed by atoms with Crippen LogP contribution in [0.25, 0.3) is 0 Å². The predicted octanol–water partition coefficient (Wildman–Crippen LogP) is -0.314. The van der Waals surface area contributed by atoms with E-state index in [0.29, 0.717) is 5.11 Å². The van der Waals surface area contributed by atoms with Crippen LogP contribution in [0.1, 0.15) is 6.92 Å². The van der Waals surface area contributed by atoms with Gasteiger partial charge in [0.2, 0.25) is 0 Å². The topological polar surface area (TPSA) is 44.3 Å². The second kappa shape index (κ2) is 2.33. The summed E-state index contributed by atoms with van der Waals surface area (Å²) in [7, 11) is 0. The lowest BCUT2D eigenvalue weighted by atomic mass is 10.3. The minimum atomic E-state index is -0.626. The first-order valence-corrected chi connectivity index (χ1v) is 3.03. The molecule has 0 saturated heterocycles. The van der Waals surface area contributed by atoms with E-state index >= 15 is 0 Å². The van der Waals surface area contributed by atoms with E-state index < -0.39 is 6.23 Å². The summed E-state index contributed by atoms with van der Waals surface area (Å²) in [6.45, 7) is 1.84. The first-order chi connectivity index (χ1) is 4.18. The lowest BCUT2D eigenvalue weighted by Gasteiger charge is -2.19. The van der Waals surface area contributed by atoms with Gasteiger partial charge in [0, 0.05) is 5.70 Å². The maximum atomic E-state index is 8.94. The molecule has 0 aromatic rings. The quantitative estimate of drug-likeness (QED) is 0.408. The van der Waals surface area contributed by atoms with Crippen LogP contribution in [0.3, 0.4) is 0 Å². The number of nitrogens with one attached hydrogen (secondary N) is 2. The van der Waals surface area contributed by atoms with Crippen LogP contribution in [0.4, 0.5) is 0 Å². The molecule has 0 fully saturated rings. The SMILES string of the molecule is CC1=CC(O)NC(=S)N1. The summed E-state index contributed by atoms with van der Waals surface area (Å²) in [5.74, 6) is 0. The van der Waals surface area contributed by atoms with Gasteiger partial charge < -0.3 is 15.7 Å². The molecule has 4 heteroatoms. The van der Waals surface area contributed by atoms with E-state index in [4.69, 9.17) is 17.3 Å². The average Bonchev–Trinajstić information content (AvgIpc) is 1.59. The first-order valence-electron chi connectivity index (χ1n) is 2.62. The molecule has 0 radical (unpaired) electrons. The Morgan fingerprint density at radius 1 is 1.78 bits per heavy atom. The third kappa shape index (κ3) is 1.65. The Balaban J connectivity index is 2.67. The van der Waals surface area contributed by atoms with Crippen LogP contribution in [-0.4, -0.2) is 16.4 Å². The van der Waals surface area contributed by atoms with Crippen LogP contribution in [0.5, 0.6) is 0 Å². The fourth-order valence-corrected chi connectivity index (χ4v) is 0.951. The molecule has 1 aliphatic heterocycles. The van der Waals surface area contributed by atoms with Crippen LogP contribution in [0.15, 0.2) is 11.8 Å². The fraction of sp³-hybridized carbons (Fsp3) is 0.400. The third-order valence-electron chi connectivity index (χ3n) is 0.998. The van der Waals surface area contributed by atoms with Gasteiger partial charge >= 0.3 is 0 Å².